The van der Waals surface area contributed by atoms with Gasteiger partial charge in [-0.05, 0) is 134 Å². The van der Waals surface area contributed by atoms with E-state index in [4.69, 9.17) is 30.1 Å². The van der Waals surface area contributed by atoms with Crippen molar-refractivity contribution in [2.45, 2.75) is 95.1 Å². The average Bonchev–Trinajstić information content (AvgIpc) is 3.47. The predicted octanol–water partition coefficient (Wildman–Crippen LogP) is 9.91. The van der Waals surface area contributed by atoms with Gasteiger partial charge in [-0.25, -0.2) is 9.36 Å². The minimum absolute atomic E-state index is 0.0447. The lowest BCUT2D eigenvalue weighted by Crippen LogP contribution is -2.53. The third-order valence-electron chi connectivity index (χ3n) is 12.1. The van der Waals surface area contributed by atoms with Crippen molar-refractivity contribution in [3.63, 3.8) is 0 Å². The van der Waals surface area contributed by atoms with Gasteiger partial charge in [0.2, 0.25) is 0 Å². The Bertz CT molecular complexity index is 2040. The second kappa shape index (κ2) is 17.3. The molecule has 3 aliphatic carbocycles. The van der Waals surface area contributed by atoms with Crippen molar-refractivity contribution >= 4 is 31.1 Å². The number of nitrogens with one attached hydrogen (secondary N) is 1. The third kappa shape index (κ3) is 9.11. The number of phosphoric acid groups is 1. The van der Waals surface area contributed by atoms with Gasteiger partial charge < -0.3 is 24.8 Å². The molecule has 0 radical (unpaired) electrons. The number of halogens is 1. The number of hydrogen-bond acceptors (Lipinski definition) is 8. The van der Waals surface area contributed by atoms with Crippen LogP contribution in [0.2, 0.25) is 5.02 Å². The number of pyridine rings is 1. The molecule has 0 aliphatic heterocycles. The van der Waals surface area contributed by atoms with Gasteiger partial charge in [0.25, 0.3) is 0 Å². The zero-order chi connectivity index (χ0) is 39.3. The van der Waals surface area contributed by atoms with Crippen LogP contribution in [-0.2, 0) is 43.3 Å². The van der Waals surface area contributed by atoms with Gasteiger partial charge in [0.15, 0.2) is 0 Å². The first-order valence-corrected chi connectivity index (χ1v) is 21.6. The second-order valence-electron chi connectivity index (χ2n) is 15.9. The van der Waals surface area contributed by atoms with Crippen LogP contribution in [0.25, 0.3) is 0 Å². The van der Waals surface area contributed by atoms with Gasteiger partial charge in [-0.2, -0.15) is 0 Å². The summed E-state index contributed by atoms with van der Waals surface area (Å²) in [6.07, 6.45) is 9.15. The molecule has 1 fully saturated rings. The Hall–Kier alpha value is -3.92. The van der Waals surface area contributed by atoms with E-state index in [0.717, 1.165) is 49.1 Å². The highest BCUT2D eigenvalue weighted by Crippen LogP contribution is 2.57. The maximum atomic E-state index is 13.0. The molecule has 298 valence electrons. The summed E-state index contributed by atoms with van der Waals surface area (Å²) in [5.41, 5.74) is 4.87. The van der Waals surface area contributed by atoms with Crippen molar-refractivity contribution in [2.75, 3.05) is 25.1 Å². The van der Waals surface area contributed by atoms with Crippen molar-refractivity contribution < 1.29 is 37.9 Å². The molecule has 3 aromatic carbocycles. The van der Waals surface area contributed by atoms with Crippen LogP contribution in [0.3, 0.4) is 0 Å². The van der Waals surface area contributed by atoms with E-state index in [-0.39, 0.29) is 37.1 Å². The number of carbonyl (C=O) groups is 1. The van der Waals surface area contributed by atoms with Crippen LogP contribution in [0.4, 0.5) is 5.69 Å². The molecule has 56 heavy (non-hydrogen) atoms. The minimum atomic E-state index is -4.28. The third-order valence-corrected chi connectivity index (χ3v) is 13.3. The van der Waals surface area contributed by atoms with Gasteiger partial charge in [0.05, 0.1) is 19.8 Å². The number of carboxylic acid groups (broad SMARTS) is 1. The standard InChI is InChI=1S/C44H52ClN2O8P/c1-30(28-53-40-16-21-46-39-13-6-8-31(2)41(39)40)24-34-25-33-14-15-37(52-22-23-54-56(50,51)55-29-32-9-4-3-5-10-32)27-38(33)43(34)17-19-44(20-18-43,42(48)49)47-36-12-7-11-35(45)26-36/h3-5,7,9-12,14-16,21,26-27,30-31,34,47H,6,8,13,17-20,22-25,28-29H2,1-2H3,(H,48,49)(H,50,51)/t30-,31-,34?,43?,44?/m1/s1. The van der Waals surface area contributed by atoms with Gasteiger partial charge in [0, 0.05) is 28.2 Å². The molecule has 12 heteroatoms. The van der Waals surface area contributed by atoms with Gasteiger partial charge in [-0.1, -0.05) is 67.9 Å². The highest BCUT2D eigenvalue weighted by molar-refractivity contribution is 7.47. The fourth-order valence-electron chi connectivity index (χ4n) is 9.25. The Morgan fingerprint density at radius 2 is 1.80 bits per heavy atom. The molecule has 1 heterocycles. The molecule has 1 saturated carbocycles. The van der Waals surface area contributed by atoms with E-state index in [2.05, 4.69) is 36.3 Å². The van der Waals surface area contributed by atoms with Crippen LogP contribution in [0.1, 0.15) is 92.7 Å². The number of hydrogen-bond donors (Lipinski definition) is 3. The van der Waals surface area contributed by atoms with Gasteiger partial charge in [0.1, 0.15) is 23.6 Å². The average molecular weight is 803 g/mol. The van der Waals surface area contributed by atoms with E-state index in [0.29, 0.717) is 54.7 Å². The summed E-state index contributed by atoms with van der Waals surface area (Å²) in [5, 5.41) is 14.6. The van der Waals surface area contributed by atoms with E-state index in [1.165, 1.54) is 16.7 Å². The number of phosphoric ester groups is 1. The fourth-order valence-corrected chi connectivity index (χ4v) is 10.1. The number of anilines is 1. The monoisotopic (exact) mass is 802 g/mol. The smallest absolute Gasteiger partial charge is 0.472 e. The summed E-state index contributed by atoms with van der Waals surface area (Å²) in [5.74, 6) is 1.64. The molecule has 1 spiro atoms. The number of aliphatic carboxylic acids is 1. The molecule has 4 atom stereocenters. The molecule has 1 aromatic heterocycles. The summed E-state index contributed by atoms with van der Waals surface area (Å²) in [7, 11) is -4.28. The Kier molecular flexibility index (Phi) is 12.4. The molecule has 3 N–H and O–H groups in total. The molecular formula is C44H52ClN2O8P. The number of carboxylic acids is 1. The van der Waals surface area contributed by atoms with Crippen LogP contribution in [0.15, 0.2) is 85.1 Å². The molecule has 7 rings (SSSR count). The Morgan fingerprint density at radius 1 is 1.00 bits per heavy atom. The van der Waals surface area contributed by atoms with E-state index in [9.17, 15) is 19.4 Å². The van der Waals surface area contributed by atoms with Crippen molar-refractivity contribution in [1.29, 1.82) is 0 Å². The molecule has 4 aromatic rings. The number of rotatable bonds is 16. The Morgan fingerprint density at radius 3 is 2.57 bits per heavy atom. The van der Waals surface area contributed by atoms with Crippen molar-refractivity contribution in [2.24, 2.45) is 11.8 Å². The van der Waals surface area contributed by atoms with Crippen LogP contribution in [0.5, 0.6) is 11.5 Å². The topological polar surface area (TPSA) is 136 Å². The predicted molar refractivity (Wildman–Crippen MR) is 217 cm³/mol. The molecule has 0 saturated heterocycles. The largest absolute Gasteiger partial charge is 0.493 e. The van der Waals surface area contributed by atoms with Crippen LogP contribution in [-0.4, -0.2) is 46.3 Å². The Labute approximate surface area is 334 Å². The van der Waals surface area contributed by atoms with E-state index in [1.54, 1.807) is 24.3 Å². The fraction of sp³-hybridized carbons (Fsp3) is 0.455. The molecular weight excluding hydrogens is 751 g/mol. The quantitative estimate of drug-likeness (QED) is 0.0742. The maximum Gasteiger partial charge on any atom is 0.472 e. The lowest BCUT2D eigenvalue weighted by molar-refractivity contribution is -0.144. The summed E-state index contributed by atoms with van der Waals surface area (Å²) < 4.78 is 35.5. The molecule has 0 amide bonds. The number of aryl methyl sites for hydroxylation is 1. The first-order chi connectivity index (χ1) is 27.0. The SMILES string of the molecule is C[C@@H](COc1ccnc2c1[C@H](C)CCC2)CC1Cc2ccc(OCCOP(=O)(O)OCc3ccccc3)cc2C12CCC(Nc1cccc(Cl)c1)(C(=O)O)CC2. The van der Waals surface area contributed by atoms with E-state index < -0.39 is 19.3 Å². The second-order valence-corrected chi connectivity index (χ2v) is 17.8. The van der Waals surface area contributed by atoms with Crippen LogP contribution in [0, 0.1) is 11.8 Å². The van der Waals surface area contributed by atoms with Gasteiger partial charge in [-0.3, -0.25) is 14.0 Å². The van der Waals surface area contributed by atoms with Gasteiger partial charge in [-0.15, -0.1) is 0 Å². The number of fused-ring (bicyclic) bond motifs is 3. The lowest BCUT2D eigenvalue weighted by atomic mass is 9.59. The summed E-state index contributed by atoms with van der Waals surface area (Å²) in [6, 6.07) is 24.5. The number of benzene rings is 3. The molecule has 10 nitrogen and oxygen atoms in total. The number of ether oxygens (including phenoxy) is 2. The van der Waals surface area contributed by atoms with Crippen molar-refractivity contribution in [1.82, 2.24) is 4.98 Å². The minimum Gasteiger partial charge on any atom is -0.493 e. The summed E-state index contributed by atoms with van der Waals surface area (Å²) in [6.45, 7) is 4.95. The normalized spacial score (nSPS) is 24.4. The van der Waals surface area contributed by atoms with Crippen LogP contribution >= 0.6 is 19.4 Å². The number of nitrogens with zero attached hydrogens (tertiary/aromatic N) is 1. The maximum absolute atomic E-state index is 13.0. The highest BCUT2D eigenvalue weighted by atomic mass is 35.5. The van der Waals surface area contributed by atoms with Crippen molar-refractivity contribution in [3.05, 3.63) is 118 Å². The number of aromatic nitrogens is 1. The van der Waals surface area contributed by atoms with Gasteiger partial charge >= 0.3 is 13.8 Å². The first-order valence-electron chi connectivity index (χ1n) is 19.7. The highest BCUT2D eigenvalue weighted by Gasteiger charge is 2.54. The van der Waals surface area contributed by atoms with E-state index >= 15 is 0 Å². The first kappa shape index (κ1) is 40.3. The van der Waals surface area contributed by atoms with Crippen LogP contribution < -0.4 is 14.8 Å². The zero-order valence-corrected chi connectivity index (χ0v) is 33.8. The van der Waals surface area contributed by atoms with E-state index in [1.807, 2.05) is 48.7 Å². The molecule has 2 unspecified atom stereocenters. The molecule has 0 bridgehead atoms. The molecule has 3 aliphatic rings. The summed E-state index contributed by atoms with van der Waals surface area (Å²) in [4.78, 5) is 27.9. The lowest BCUT2D eigenvalue weighted by Gasteiger charge is -2.47. The summed E-state index contributed by atoms with van der Waals surface area (Å²) >= 11 is 6.28. The Balaban J connectivity index is 1.06. The zero-order valence-electron chi connectivity index (χ0n) is 32.1. The van der Waals surface area contributed by atoms with Crippen molar-refractivity contribution in [3.8, 4) is 11.5 Å².